The molecule has 1 aromatic carbocycles. The molecule has 1 atom stereocenters. The Labute approximate surface area is 157 Å². The van der Waals surface area contributed by atoms with Gasteiger partial charge in [0.1, 0.15) is 0 Å². The summed E-state index contributed by atoms with van der Waals surface area (Å²) in [4.78, 5) is 14.7. The fourth-order valence-electron chi connectivity index (χ4n) is 3.25. The standard InChI is InChI=1S/C19H31N3O3S/c1-18(2,3)21-26(24,25)12-14-7-6-8-15(11-14)17(23)22-10-9-16(20)19(4,5)13-22/h6-8,11,16,21H,9-10,12-13,20H2,1-5H3. The number of hydrogen-bond acceptors (Lipinski definition) is 4. The summed E-state index contributed by atoms with van der Waals surface area (Å²) < 4.78 is 27.2. The van der Waals surface area contributed by atoms with Gasteiger partial charge >= 0.3 is 0 Å². The van der Waals surface area contributed by atoms with Crippen molar-refractivity contribution in [1.29, 1.82) is 0 Å². The molecule has 1 unspecified atom stereocenters. The molecule has 1 saturated heterocycles. The molecule has 146 valence electrons. The average Bonchev–Trinajstić information content (AvgIpc) is 2.46. The molecule has 6 nitrogen and oxygen atoms in total. The van der Waals surface area contributed by atoms with Gasteiger partial charge in [-0.15, -0.1) is 0 Å². The first kappa shape index (κ1) is 20.9. The third kappa shape index (κ3) is 5.53. The van der Waals surface area contributed by atoms with E-state index in [1.54, 1.807) is 45.0 Å². The van der Waals surface area contributed by atoms with E-state index in [4.69, 9.17) is 5.73 Å². The highest BCUT2D eigenvalue weighted by atomic mass is 32.2. The number of hydrogen-bond donors (Lipinski definition) is 2. The highest BCUT2D eigenvalue weighted by molar-refractivity contribution is 7.88. The van der Waals surface area contributed by atoms with Gasteiger partial charge < -0.3 is 10.6 Å². The molecule has 3 N–H and O–H groups in total. The van der Waals surface area contributed by atoms with E-state index in [1.165, 1.54) is 0 Å². The molecule has 26 heavy (non-hydrogen) atoms. The van der Waals surface area contributed by atoms with Crippen molar-refractivity contribution >= 4 is 15.9 Å². The SMILES string of the molecule is CC(C)(C)NS(=O)(=O)Cc1cccc(C(=O)N2CCC(N)C(C)(C)C2)c1. The molecule has 1 fully saturated rings. The molecular weight excluding hydrogens is 350 g/mol. The summed E-state index contributed by atoms with van der Waals surface area (Å²) in [5.74, 6) is -0.227. The number of piperidine rings is 1. The largest absolute Gasteiger partial charge is 0.338 e. The molecule has 0 aliphatic carbocycles. The maximum absolute atomic E-state index is 12.9. The lowest BCUT2D eigenvalue weighted by atomic mass is 9.79. The average molecular weight is 382 g/mol. The van der Waals surface area contributed by atoms with Gasteiger partial charge in [0.05, 0.1) is 5.75 Å². The van der Waals surface area contributed by atoms with E-state index >= 15 is 0 Å². The van der Waals surface area contributed by atoms with Gasteiger partial charge in [-0.2, -0.15) is 0 Å². The van der Waals surface area contributed by atoms with Crippen LogP contribution in [0.15, 0.2) is 24.3 Å². The van der Waals surface area contributed by atoms with Gasteiger partial charge in [0.2, 0.25) is 10.0 Å². The normalized spacial score (nSPS) is 20.8. The molecule has 1 heterocycles. The van der Waals surface area contributed by atoms with E-state index in [2.05, 4.69) is 18.6 Å². The molecule has 1 aliphatic rings. The smallest absolute Gasteiger partial charge is 0.253 e. The van der Waals surface area contributed by atoms with Gasteiger partial charge in [-0.1, -0.05) is 26.0 Å². The molecule has 2 rings (SSSR count). The Morgan fingerprint density at radius 2 is 2.00 bits per heavy atom. The third-order valence-electron chi connectivity index (χ3n) is 4.59. The van der Waals surface area contributed by atoms with Crippen LogP contribution in [0.2, 0.25) is 0 Å². The molecule has 1 amide bonds. The zero-order valence-corrected chi connectivity index (χ0v) is 17.2. The van der Waals surface area contributed by atoms with Gasteiger partial charge in [0, 0.05) is 30.2 Å². The number of rotatable bonds is 4. The number of carbonyl (C=O) groups is 1. The lowest BCUT2D eigenvalue weighted by Gasteiger charge is -2.42. The van der Waals surface area contributed by atoms with Crippen molar-refractivity contribution in [2.45, 2.75) is 58.4 Å². The lowest BCUT2D eigenvalue weighted by molar-refractivity contribution is 0.0533. The first-order valence-electron chi connectivity index (χ1n) is 8.95. The van der Waals surface area contributed by atoms with Crippen molar-refractivity contribution in [3.63, 3.8) is 0 Å². The third-order valence-corrected chi connectivity index (χ3v) is 6.23. The van der Waals surface area contributed by atoms with Crippen molar-refractivity contribution < 1.29 is 13.2 Å². The Morgan fingerprint density at radius 3 is 2.58 bits per heavy atom. The molecule has 0 radical (unpaired) electrons. The van der Waals surface area contributed by atoms with E-state index < -0.39 is 15.6 Å². The molecule has 0 saturated carbocycles. The van der Waals surface area contributed by atoms with Crippen LogP contribution in [0.4, 0.5) is 0 Å². The number of nitrogens with two attached hydrogens (primary N) is 1. The zero-order chi connectivity index (χ0) is 19.8. The molecule has 0 aromatic heterocycles. The van der Waals surface area contributed by atoms with Crippen molar-refractivity contribution in [1.82, 2.24) is 9.62 Å². The maximum atomic E-state index is 12.9. The second kappa shape index (κ2) is 7.29. The van der Waals surface area contributed by atoms with Crippen LogP contribution in [0.25, 0.3) is 0 Å². The number of likely N-dealkylation sites (tertiary alicyclic amines) is 1. The van der Waals surface area contributed by atoms with Crippen LogP contribution in [-0.2, 0) is 15.8 Å². The molecule has 0 bridgehead atoms. The van der Waals surface area contributed by atoms with Crippen LogP contribution >= 0.6 is 0 Å². The lowest BCUT2D eigenvalue weighted by Crippen LogP contribution is -2.54. The van der Waals surface area contributed by atoms with E-state index in [9.17, 15) is 13.2 Å². The Kier molecular flexibility index (Phi) is 5.85. The topological polar surface area (TPSA) is 92.5 Å². The van der Waals surface area contributed by atoms with Gasteiger partial charge in [-0.05, 0) is 50.3 Å². The Morgan fingerprint density at radius 1 is 1.35 bits per heavy atom. The molecule has 0 spiro atoms. The monoisotopic (exact) mass is 381 g/mol. The Balaban J connectivity index is 2.15. The quantitative estimate of drug-likeness (QED) is 0.835. The van der Waals surface area contributed by atoms with Gasteiger partial charge in [-0.25, -0.2) is 13.1 Å². The summed E-state index contributed by atoms with van der Waals surface area (Å²) >= 11 is 0. The summed E-state index contributed by atoms with van der Waals surface area (Å²) in [5.41, 5.74) is 6.59. The fraction of sp³-hybridized carbons (Fsp3) is 0.632. The van der Waals surface area contributed by atoms with Crippen molar-refractivity contribution in [3.8, 4) is 0 Å². The van der Waals surface area contributed by atoms with Crippen LogP contribution < -0.4 is 10.5 Å². The van der Waals surface area contributed by atoms with Crippen LogP contribution in [0.3, 0.4) is 0 Å². The minimum atomic E-state index is -3.48. The van der Waals surface area contributed by atoms with Crippen LogP contribution in [0.5, 0.6) is 0 Å². The van der Waals surface area contributed by atoms with Crippen LogP contribution in [-0.4, -0.2) is 43.9 Å². The minimum Gasteiger partial charge on any atom is -0.338 e. The molecular formula is C19H31N3O3S. The zero-order valence-electron chi connectivity index (χ0n) is 16.4. The number of sulfonamides is 1. The Hall–Kier alpha value is -1.44. The van der Waals surface area contributed by atoms with E-state index in [0.717, 1.165) is 6.42 Å². The number of benzene rings is 1. The summed E-state index contributed by atoms with van der Waals surface area (Å²) in [6.45, 7) is 10.8. The number of amides is 1. The highest BCUT2D eigenvalue weighted by Gasteiger charge is 2.35. The van der Waals surface area contributed by atoms with Crippen molar-refractivity contribution in [2.75, 3.05) is 13.1 Å². The Bertz CT molecular complexity index is 766. The fourth-order valence-corrected chi connectivity index (χ4v) is 4.87. The minimum absolute atomic E-state index is 0.0755. The second-order valence-electron chi connectivity index (χ2n) is 8.92. The number of carbonyl (C=O) groups excluding carboxylic acids is 1. The summed E-state index contributed by atoms with van der Waals surface area (Å²) in [7, 11) is -3.48. The van der Waals surface area contributed by atoms with Crippen LogP contribution in [0, 0.1) is 5.41 Å². The van der Waals surface area contributed by atoms with E-state index in [0.29, 0.717) is 24.2 Å². The number of nitrogens with one attached hydrogen (secondary N) is 1. The van der Waals surface area contributed by atoms with Gasteiger partial charge in [-0.3, -0.25) is 4.79 Å². The highest BCUT2D eigenvalue weighted by Crippen LogP contribution is 2.28. The molecule has 1 aromatic rings. The van der Waals surface area contributed by atoms with Crippen LogP contribution in [0.1, 0.15) is 57.0 Å². The molecule has 7 heteroatoms. The van der Waals surface area contributed by atoms with Crippen molar-refractivity contribution in [3.05, 3.63) is 35.4 Å². The first-order chi connectivity index (χ1) is 11.8. The predicted octanol–water partition coefficient (Wildman–Crippen LogP) is 2.10. The summed E-state index contributed by atoms with van der Waals surface area (Å²) in [6, 6.07) is 6.94. The number of nitrogens with zero attached hydrogens (tertiary/aromatic N) is 1. The van der Waals surface area contributed by atoms with Gasteiger partial charge in [0.15, 0.2) is 0 Å². The first-order valence-corrected chi connectivity index (χ1v) is 10.6. The second-order valence-corrected chi connectivity index (χ2v) is 10.6. The molecule has 1 aliphatic heterocycles. The predicted molar refractivity (Wildman–Crippen MR) is 104 cm³/mol. The maximum Gasteiger partial charge on any atom is 0.253 e. The van der Waals surface area contributed by atoms with E-state index in [-0.39, 0.29) is 23.1 Å². The van der Waals surface area contributed by atoms with Crippen molar-refractivity contribution in [2.24, 2.45) is 11.1 Å². The summed E-state index contributed by atoms with van der Waals surface area (Å²) in [5, 5.41) is 0. The van der Waals surface area contributed by atoms with Gasteiger partial charge in [0.25, 0.3) is 5.91 Å². The summed E-state index contributed by atoms with van der Waals surface area (Å²) in [6.07, 6.45) is 0.766. The van der Waals surface area contributed by atoms with E-state index in [1.807, 2.05) is 4.90 Å².